The zero-order valence-electron chi connectivity index (χ0n) is 61.2. The number of piperidine rings is 3. The number of benzene rings is 6. The SMILES string of the molecule is CC(C)(C)OC(=O)NC1CCN(CCn2c(=O)cnc3ccc(F)cc32)CC1.Cc1ccc(C=O)cc1[N+](=O)[O-].Cc1ccc(CNC2CCN(CCn3c(=O)cnc4ccc(F)cc43)CC2)cc1[N+](=O)[O-].NC1CCN(CCn2c(=O)cnc3ccc(F)cc32)CC1.O=C1C=Nc2ccc(F)cc2C1.[2H]CF. The molecule has 4 N–H and O–H groups in total. The molecule has 0 unspecified atom stereocenters. The molecule has 3 aromatic heterocycles. The largest absolute Gasteiger partial charge is 0.444 e. The number of halogens is 5. The van der Waals surface area contributed by atoms with Gasteiger partial charge in [-0.25, -0.2) is 37.3 Å². The highest BCUT2D eigenvalue weighted by Gasteiger charge is 2.25. The fourth-order valence-corrected chi connectivity index (χ4v) is 12.5. The van der Waals surface area contributed by atoms with Crippen molar-refractivity contribution in [1.82, 2.24) is 54.0 Å². The number of aromatic nitrogens is 6. The molecule has 6 aromatic carbocycles. The number of ether oxygens (including phenoxy) is 1. The van der Waals surface area contributed by atoms with E-state index in [0.29, 0.717) is 119 Å². The van der Waals surface area contributed by atoms with Crippen LogP contribution < -0.4 is 33.0 Å². The summed E-state index contributed by atoms with van der Waals surface area (Å²) in [5, 5.41) is 27.9. The number of alkyl carbamates (subject to hydrolysis) is 1. The minimum absolute atomic E-state index is 0.0143. The Labute approximate surface area is 614 Å². The summed E-state index contributed by atoms with van der Waals surface area (Å²) in [6, 6.07) is 27.6. The molecule has 4 aliphatic heterocycles. The fourth-order valence-electron chi connectivity index (χ4n) is 12.5. The number of nitro benzene ring substituents is 2. The molecule has 0 spiro atoms. The maximum atomic E-state index is 13.7. The molecule has 31 heteroatoms. The van der Waals surface area contributed by atoms with E-state index in [2.05, 4.69) is 45.3 Å². The molecule has 13 rings (SSSR count). The lowest BCUT2D eigenvalue weighted by Gasteiger charge is -2.33. The van der Waals surface area contributed by atoms with Crippen LogP contribution in [-0.2, 0) is 42.1 Å². The number of rotatable bonds is 16. The third kappa shape index (κ3) is 24.4. The van der Waals surface area contributed by atoms with E-state index < -0.39 is 17.7 Å². The van der Waals surface area contributed by atoms with Gasteiger partial charge >= 0.3 is 6.09 Å². The van der Waals surface area contributed by atoms with E-state index >= 15 is 0 Å². The second-order valence-electron chi connectivity index (χ2n) is 27.1. The Morgan fingerprint density at radius 1 is 0.598 bits per heavy atom. The van der Waals surface area contributed by atoms with Gasteiger partial charge in [0.2, 0.25) is 0 Å². The number of aliphatic imine (C=N–C) groups is 1. The Morgan fingerprint density at radius 2 is 1.01 bits per heavy atom. The smallest absolute Gasteiger partial charge is 0.407 e. The Morgan fingerprint density at radius 3 is 1.45 bits per heavy atom. The summed E-state index contributed by atoms with van der Waals surface area (Å²) >= 11 is 0. The van der Waals surface area contributed by atoms with Crippen LogP contribution in [0.25, 0.3) is 33.1 Å². The lowest BCUT2D eigenvalue weighted by Crippen LogP contribution is -2.46. The van der Waals surface area contributed by atoms with Crippen LogP contribution in [0, 0.1) is 57.3 Å². The standard InChI is InChI=1S/C23H26FN5O3.C20H27FN4O3.C15H19FN4O.C9H6FNO.C8H7NO3.CH3F/c1-16-2-3-17(12-21(16)29(31)32)14-25-19-6-8-27(9-7-19)10-11-28-22-13-18(24)4-5-20(22)26-15-23(28)30;1-20(2,3)28-19(27)23-15-6-8-24(9-7-15)10-11-25-17-12-14(21)4-5-16(17)22-13-18(25)26;16-11-1-2-13-14(9-11)20(15(21)10-18-13)8-7-19-5-3-12(17)4-6-19;10-7-1-2-9-6(3-7)4-8(12)5-11-9;1-6-2-3-7(5-10)4-8(6)9(11)12;1-2/h2-5,12-13,15,19,25H,6-11,14H2,1H3;4-5,12-13,15H,6-11H2,1-3H3,(H,23,27);1-2,9-10,12H,3-8,17H2;1-3,5H,4H2;2-5H,1H3;1H3/i;;;;;1D. The number of aldehydes is 1. The minimum Gasteiger partial charge on any atom is -0.444 e. The first-order chi connectivity index (χ1) is 51.6. The normalized spacial score (nSPS) is 15.1. The second-order valence-corrected chi connectivity index (χ2v) is 27.1. The number of hydrogen-bond donors (Lipinski definition) is 3. The Bertz CT molecular complexity index is 4840. The predicted molar refractivity (Wildman–Crippen MR) is 398 cm³/mol. The van der Waals surface area contributed by atoms with Gasteiger partial charge < -0.3 is 49.5 Å². The highest BCUT2D eigenvalue weighted by molar-refractivity contribution is 6.29. The van der Waals surface area contributed by atoms with E-state index in [4.69, 9.17) is 11.8 Å². The van der Waals surface area contributed by atoms with Gasteiger partial charge in [0, 0.05) is 112 Å². The summed E-state index contributed by atoms with van der Waals surface area (Å²) in [7, 11) is -1.00. The monoisotopic (exact) mass is 1480 g/mol. The summed E-state index contributed by atoms with van der Waals surface area (Å²) in [4.78, 5) is 113. The number of carbonyl (C=O) groups is 3. The van der Waals surface area contributed by atoms with Crippen LogP contribution in [0.1, 0.15) is 93.3 Å². The van der Waals surface area contributed by atoms with E-state index in [9.17, 15) is 70.9 Å². The third-order valence-electron chi connectivity index (χ3n) is 18.3. The highest BCUT2D eigenvalue weighted by Crippen LogP contribution is 2.25. The molecule has 7 heterocycles. The molecule has 0 saturated carbocycles. The van der Waals surface area contributed by atoms with E-state index in [1.807, 2.05) is 26.8 Å². The first-order valence-electron chi connectivity index (χ1n) is 35.5. The number of hydrogen-bond acceptors (Lipinski definition) is 20. The van der Waals surface area contributed by atoms with Gasteiger partial charge in [0.1, 0.15) is 35.2 Å². The van der Waals surface area contributed by atoms with Crippen molar-refractivity contribution in [2.75, 3.05) is 66.1 Å². The van der Waals surface area contributed by atoms with Crippen LogP contribution in [0.15, 0.2) is 147 Å². The number of nitrogens with one attached hydrogen (secondary N) is 2. The first kappa shape index (κ1) is 80.4. The molecule has 568 valence electrons. The second kappa shape index (κ2) is 39.0. The molecule has 3 fully saturated rings. The molecular weight excluding hydrogens is 1390 g/mol. The maximum absolute atomic E-state index is 13.7. The van der Waals surface area contributed by atoms with Crippen LogP contribution in [0.3, 0.4) is 0 Å². The van der Waals surface area contributed by atoms with Gasteiger partial charge in [-0.05, 0) is 183 Å². The molecule has 107 heavy (non-hydrogen) atoms. The van der Waals surface area contributed by atoms with Crippen LogP contribution in [0.2, 0.25) is 0 Å². The lowest BCUT2D eigenvalue weighted by atomic mass is 10.0. The Kier molecular flexibility index (Phi) is 29.3. The van der Waals surface area contributed by atoms with Crippen molar-refractivity contribution in [2.24, 2.45) is 10.7 Å². The van der Waals surface area contributed by atoms with Crippen molar-refractivity contribution in [3.8, 4) is 0 Å². The topological polar surface area (TPSA) is 324 Å². The zero-order valence-corrected chi connectivity index (χ0v) is 60.2. The number of Topliss-reactive ketones (excluding diaryl/α,β-unsaturated/α-hetero) is 1. The lowest BCUT2D eigenvalue weighted by molar-refractivity contribution is -0.385. The molecule has 0 radical (unpaired) electrons. The number of nitrogens with two attached hydrogens (primary N) is 1. The van der Waals surface area contributed by atoms with Gasteiger partial charge in [0.25, 0.3) is 28.1 Å². The van der Waals surface area contributed by atoms with Gasteiger partial charge in [-0.1, -0.05) is 24.3 Å². The van der Waals surface area contributed by atoms with Gasteiger partial charge in [-0.15, -0.1) is 0 Å². The Hall–Kier alpha value is -10.7. The van der Waals surface area contributed by atoms with Crippen molar-refractivity contribution in [3.63, 3.8) is 0 Å². The molecule has 4 aliphatic rings. The van der Waals surface area contributed by atoms with Crippen LogP contribution in [-0.4, -0.2) is 167 Å². The average molecular weight is 1480 g/mol. The average Bonchev–Trinajstić information content (AvgIpc) is 0.795. The molecule has 0 atom stereocenters. The molecular formula is C76H88F5N15O11. The minimum atomic E-state index is -1.00. The van der Waals surface area contributed by atoms with Gasteiger partial charge in [-0.2, -0.15) is 0 Å². The van der Waals surface area contributed by atoms with Crippen LogP contribution in [0.4, 0.5) is 43.8 Å². The summed E-state index contributed by atoms with van der Waals surface area (Å²) in [5.41, 5.74) is 12.1. The summed E-state index contributed by atoms with van der Waals surface area (Å²) in [6.07, 6.45) is 11.1. The van der Waals surface area contributed by atoms with Crippen molar-refractivity contribution in [1.29, 1.82) is 0 Å². The summed E-state index contributed by atoms with van der Waals surface area (Å²) < 4.78 is 78.9. The molecule has 3 saturated heterocycles. The van der Waals surface area contributed by atoms with Gasteiger partial charge in [-0.3, -0.25) is 53.6 Å². The number of nitrogens with zero attached hydrogens (tertiary/aromatic N) is 12. The number of fused-ring (bicyclic) bond motifs is 4. The molecule has 0 bridgehead atoms. The molecule has 1 amide bonds. The number of amides is 1. The van der Waals surface area contributed by atoms with Crippen molar-refractivity contribution < 1.29 is 52.3 Å². The van der Waals surface area contributed by atoms with Crippen LogP contribution >= 0.6 is 0 Å². The quantitative estimate of drug-likeness (QED) is 0.0350. The van der Waals surface area contributed by atoms with Crippen molar-refractivity contribution in [3.05, 3.63) is 230 Å². The first-order valence-corrected chi connectivity index (χ1v) is 34.8. The number of nitro groups is 2. The molecule has 26 nitrogen and oxygen atoms in total. The number of likely N-dealkylation sites (tertiary alicyclic amines) is 3. The van der Waals surface area contributed by atoms with E-state index in [0.717, 1.165) is 89.9 Å². The zero-order chi connectivity index (χ0) is 78.2. The Balaban J connectivity index is 0.000000176. The predicted octanol–water partition coefficient (Wildman–Crippen LogP) is 10.4. The number of alkyl halides is 1. The van der Waals surface area contributed by atoms with Crippen LogP contribution in [0.5, 0.6) is 0 Å². The molecule has 9 aromatic rings. The highest BCUT2D eigenvalue weighted by atomic mass is 19.1. The van der Waals surface area contributed by atoms with E-state index in [-0.39, 0.29) is 80.6 Å². The molecule has 0 aliphatic carbocycles. The maximum Gasteiger partial charge on any atom is 0.407 e. The fraction of sp³-hybridized carbons (Fsp3) is 0.395. The summed E-state index contributed by atoms with van der Waals surface area (Å²) in [6.45, 7) is 18.4. The third-order valence-corrected chi connectivity index (χ3v) is 18.3. The van der Waals surface area contributed by atoms with E-state index in [1.165, 1.54) is 79.4 Å². The number of carbonyl (C=O) groups excluding carboxylic acids is 3. The number of ketones is 1. The number of aryl methyl sites for hydroxylation is 2. The van der Waals surface area contributed by atoms with E-state index in [1.54, 1.807) is 76.1 Å². The van der Waals surface area contributed by atoms with Crippen molar-refractivity contribution in [2.45, 2.75) is 129 Å². The van der Waals surface area contributed by atoms with Crippen molar-refractivity contribution >= 4 is 74.5 Å². The summed E-state index contributed by atoms with van der Waals surface area (Å²) in [5.74, 6) is -1.52. The van der Waals surface area contributed by atoms with Gasteiger partial charge in [0.15, 0.2) is 5.78 Å². The van der Waals surface area contributed by atoms with Gasteiger partial charge in [0.05, 0.1) is 82.0 Å².